The van der Waals surface area contributed by atoms with Crippen LogP contribution in [0.25, 0.3) is 0 Å². The summed E-state index contributed by atoms with van der Waals surface area (Å²) in [6.45, 7) is 8.02. The zero-order valence-electron chi connectivity index (χ0n) is 11.2. The molecule has 0 aromatic carbocycles. The Kier molecular flexibility index (Phi) is 5.36. The van der Waals surface area contributed by atoms with Gasteiger partial charge in [0, 0.05) is 31.7 Å². The van der Waals surface area contributed by atoms with Gasteiger partial charge in [-0.1, -0.05) is 6.92 Å². The van der Waals surface area contributed by atoms with Crippen molar-refractivity contribution in [3.05, 3.63) is 0 Å². The molecule has 1 atom stereocenters. The molecule has 1 aliphatic rings. The summed E-state index contributed by atoms with van der Waals surface area (Å²) in [5, 5.41) is 0. The van der Waals surface area contributed by atoms with Crippen molar-refractivity contribution in [3.8, 4) is 0 Å². The van der Waals surface area contributed by atoms with Gasteiger partial charge in [0.2, 0.25) is 5.91 Å². The predicted molar refractivity (Wildman–Crippen MR) is 67.8 cm³/mol. The lowest BCUT2D eigenvalue weighted by atomic mass is 10.0. The van der Waals surface area contributed by atoms with Gasteiger partial charge in [-0.15, -0.1) is 0 Å². The first kappa shape index (κ1) is 14.4. The summed E-state index contributed by atoms with van der Waals surface area (Å²) in [7, 11) is 2.07. The molecule has 100 valence electrons. The van der Waals surface area contributed by atoms with Crippen LogP contribution in [0.1, 0.15) is 20.3 Å². The lowest BCUT2D eigenvalue weighted by Gasteiger charge is -2.32. The molecule has 0 bridgehead atoms. The maximum absolute atomic E-state index is 11.8. The number of nitrogens with two attached hydrogens (primary N) is 1. The molecule has 0 saturated carbocycles. The number of nitrogens with zero attached hydrogens (tertiary/aromatic N) is 2. The van der Waals surface area contributed by atoms with E-state index >= 15 is 0 Å². The van der Waals surface area contributed by atoms with Gasteiger partial charge in [0.15, 0.2) is 0 Å². The first-order chi connectivity index (χ1) is 7.94. The van der Waals surface area contributed by atoms with Crippen molar-refractivity contribution < 1.29 is 9.53 Å². The van der Waals surface area contributed by atoms with Crippen molar-refractivity contribution in [2.75, 3.05) is 46.4 Å². The largest absolute Gasteiger partial charge is 0.370 e. The summed E-state index contributed by atoms with van der Waals surface area (Å²) in [5.41, 5.74) is 5.61. The summed E-state index contributed by atoms with van der Waals surface area (Å²) in [6.07, 6.45) is 0.843. The second-order valence-corrected chi connectivity index (χ2v) is 5.18. The van der Waals surface area contributed by atoms with E-state index in [1.807, 2.05) is 18.7 Å². The van der Waals surface area contributed by atoms with E-state index in [2.05, 4.69) is 11.9 Å². The fourth-order valence-electron chi connectivity index (χ4n) is 1.62. The molecule has 1 heterocycles. The highest BCUT2D eigenvalue weighted by atomic mass is 16.5. The molecule has 0 aromatic rings. The highest BCUT2D eigenvalue weighted by Crippen LogP contribution is 2.05. The summed E-state index contributed by atoms with van der Waals surface area (Å²) in [5.74, 6) is 0.0741. The smallest absolute Gasteiger partial charge is 0.248 e. The normalized spacial score (nSPS) is 21.3. The first-order valence-corrected chi connectivity index (χ1v) is 6.27. The molecule has 1 amide bonds. The van der Waals surface area contributed by atoms with Gasteiger partial charge in [-0.3, -0.25) is 4.79 Å². The lowest BCUT2D eigenvalue weighted by molar-refractivity contribution is -0.138. The Bertz CT molecular complexity index is 248. The maximum Gasteiger partial charge on any atom is 0.248 e. The van der Waals surface area contributed by atoms with Crippen LogP contribution in [0.2, 0.25) is 0 Å². The Morgan fingerprint density at radius 1 is 1.35 bits per heavy atom. The van der Waals surface area contributed by atoms with Crippen LogP contribution in [0.5, 0.6) is 0 Å². The zero-order chi connectivity index (χ0) is 12.9. The van der Waals surface area contributed by atoms with Crippen LogP contribution in [0, 0.1) is 0 Å². The Labute approximate surface area is 104 Å². The number of rotatable bonds is 5. The minimum Gasteiger partial charge on any atom is -0.370 e. The maximum atomic E-state index is 11.8. The highest BCUT2D eigenvalue weighted by molar-refractivity contribution is 5.77. The van der Waals surface area contributed by atoms with Crippen LogP contribution < -0.4 is 5.73 Å². The van der Waals surface area contributed by atoms with Crippen LogP contribution in [-0.2, 0) is 9.53 Å². The quantitative estimate of drug-likeness (QED) is 0.733. The number of hydrogen-bond acceptors (Lipinski definition) is 4. The third kappa shape index (κ3) is 5.02. The molecule has 0 aliphatic carbocycles. The number of carbonyl (C=O) groups is 1. The van der Waals surface area contributed by atoms with E-state index in [9.17, 15) is 4.79 Å². The van der Waals surface area contributed by atoms with E-state index in [4.69, 9.17) is 10.5 Å². The van der Waals surface area contributed by atoms with Gasteiger partial charge in [0.25, 0.3) is 0 Å². The van der Waals surface area contributed by atoms with E-state index in [0.29, 0.717) is 6.61 Å². The first-order valence-electron chi connectivity index (χ1n) is 6.27. The van der Waals surface area contributed by atoms with Crippen molar-refractivity contribution in [1.29, 1.82) is 0 Å². The van der Waals surface area contributed by atoms with Crippen molar-refractivity contribution in [2.24, 2.45) is 5.73 Å². The minimum absolute atomic E-state index is 0.0741. The molecule has 0 radical (unpaired) electrons. The van der Waals surface area contributed by atoms with Crippen molar-refractivity contribution in [1.82, 2.24) is 9.80 Å². The van der Waals surface area contributed by atoms with Crippen LogP contribution >= 0.6 is 0 Å². The van der Waals surface area contributed by atoms with Crippen LogP contribution in [0.4, 0.5) is 0 Å². The summed E-state index contributed by atoms with van der Waals surface area (Å²) in [6, 6.07) is 0. The zero-order valence-corrected chi connectivity index (χ0v) is 11.2. The van der Waals surface area contributed by atoms with Gasteiger partial charge in [-0.25, -0.2) is 0 Å². The summed E-state index contributed by atoms with van der Waals surface area (Å²) >= 11 is 0. The van der Waals surface area contributed by atoms with Gasteiger partial charge < -0.3 is 20.3 Å². The Morgan fingerprint density at radius 3 is 2.47 bits per heavy atom. The Balaban J connectivity index is 2.21. The molecule has 0 aromatic heterocycles. The van der Waals surface area contributed by atoms with Gasteiger partial charge in [0.1, 0.15) is 6.61 Å². The molecule has 5 heteroatoms. The molecule has 5 nitrogen and oxygen atoms in total. The number of amides is 1. The third-order valence-electron chi connectivity index (χ3n) is 3.32. The van der Waals surface area contributed by atoms with Crippen molar-refractivity contribution >= 4 is 5.91 Å². The fraction of sp³-hybridized carbons (Fsp3) is 0.917. The van der Waals surface area contributed by atoms with Crippen molar-refractivity contribution in [3.63, 3.8) is 0 Å². The number of hydrogen-bond donors (Lipinski definition) is 1. The van der Waals surface area contributed by atoms with E-state index in [1.165, 1.54) is 0 Å². The van der Waals surface area contributed by atoms with E-state index in [-0.39, 0.29) is 18.1 Å². The molecule has 17 heavy (non-hydrogen) atoms. The molecular formula is C12H25N3O2. The van der Waals surface area contributed by atoms with Gasteiger partial charge >= 0.3 is 0 Å². The molecule has 2 N–H and O–H groups in total. The van der Waals surface area contributed by atoms with Crippen LogP contribution in [0.3, 0.4) is 0 Å². The molecular weight excluding hydrogens is 218 g/mol. The van der Waals surface area contributed by atoms with Gasteiger partial charge in [-0.05, 0) is 20.4 Å². The fourth-order valence-corrected chi connectivity index (χ4v) is 1.62. The minimum atomic E-state index is -0.331. The third-order valence-corrected chi connectivity index (χ3v) is 3.32. The molecule has 1 unspecified atom stereocenters. The Morgan fingerprint density at radius 2 is 1.94 bits per heavy atom. The number of carbonyl (C=O) groups excluding carboxylic acids is 1. The highest BCUT2D eigenvalue weighted by Gasteiger charge is 2.21. The van der Waals surface area contributed by atoms with Gasteiger partial charge in [0.05, 0.1) is 6.61 Å². The summed E-state index contributed by atoms with van der Waals surface area (Å²) < 4.78 is 5.40. The number of likely N-dealkylation sites (N-methyl/N-ethyl adjacent to an activating group) is 1. The molecule has 0 spiro atoms. The van der Waals surface area contributed by atoms with Crippen molar-refractivity contribution in [2.45, 2.75) is 25.8 Å². The lowest BCUT2D eigenvalue weighted by Crippen LogP contribution is -2.49. The second-order valence-electron chi connectivity index (χ2n) is 5.18. The Hall–Kier alpha value is -0.650. The van der Waals surface area contributed by atoms with Crippen LogP contribution in [-0.4, -0.2) is 67.7 Å². The molecule has 1 fully saturated rings. The number of piperazine rings is 1. The standard InChI is InChI=1S/C12H25N3O2/c1-4-12(2,13)10-17-9-11(16)15-7-5-14(3)6-8-15/h4-10,13H2,1-3H3. The van der Waals surface area contributed by atoms with Crippen LogP contribution in [0.15, 0.2) is 0 Å². The number of ether oxygens (including phenoxy) is 1. The predicted octanol–water partition coefficient (Wildman–Crippen LogP) is -0.0956. The summed E-state index contributed by atoms with van der Waals surface area (Å²) in [4.78, 5) is 15.9. The molecule has 1 saturated heterocycles. The molecule has 1 aliphatic heterocycles. The monoisotopic (exact) mass is 243 g/mol. The second kappa shape index (κ2) is 6.33. The van der Waals surface area contributed by atoms with E-state index in [0.717, 1.165) is 32.6 Å². The van der Waals surface area contributed by atoms with E-state index < -0.39 is 0 Å². The average molecular weight is 243 g/mol. The van der Waals surface area contributed by atoms with Gasteiger partial charge in [-0.2, -0.15) is 0 Å². The SMILES string of the molecule is CCC(C)(N)COCC(=O)N1CCN(C)CC1. The molecule has 1 rings (SSSR count). The van der Waals surface area contributed by atoms with E-state index in [1.54, 1.807) is 0 Å². The average Bonchev–Trinajstić information content (AvgIpc) is 2.29. The topological polar surface area (TPSA) is 58.8 Å².